The second kappa shape index (κ2) is 3.65. The molecule has 1 N–H and O–H groups in total. The highest BCUT2D eigenvalue weighted by Crippen LogP contribution is 2.28. The highest BCUT2D eigenvalue weighted by Gasteiger charge is 2.30. The number of aliphatic carboxylic acids is 1. The topological polar surface area (TPSA) is 71.4 Å². The summed E-state index contributed by atoms with van der Waals surface area (Å²) in [7, 11) is -2.97. The Bertz CT molecular complexity index is 285. The summed E-state index contributed by atoms with van der Waals surface area (Å²) in [6.07, 6.45) is 3.20. The number of hydrogen-bond donors (Lipinski definition) is 1. The maximum Gasteiger partial charge on any atom is 0.306 e. The van der Waals surface area contributed by atoms with Crippen molar-refractivity contribution in [1.82, 2.24) is 0 Å². The van der Waals surface area contributed by atoms with Crippen molar-refractivity contribution >= 4 is 15.8 Å². The number of carbonyl (C=O) groups is 1. The molecule has 1 aliphatic carbocycles. The molecule has 0 aromatic heterocycles. The molecule has 0 atom stereocenters. The van der Waals surface area contributed by atoms with Crippen LogP contribution in [-0.2, 0) is 14.6 Å². The minimum absolute atomic E-state index is 0.317. The summed E-state index contributed by atoms with van der Waals surface area (Å²) in [5.74, 6) is -1.13. The Hall–Kier alpha value is -0.580. The van der Waals surface area contributed by atoms with Gasteiger partial charge in [-0.1, -0.05) is 0 Å². The molecular weight excluding hydrogens is 192 g/mol. The largest absolute Gasteiger partial charge is 0.481 e. The minimum Gasteiger partial charge on any atom is -0.481 e. The fourth-order valence-electron chi connectivity index (χ4n) is 1.74. The van der Waals surface area contributed by atoms with Crippen LogP contribution >= 0.6 is 0 Å². The van der Waals surface area contributed by atoms with Gasteiger partial charge in [0.1, 0.15) is 9.84 Å². The Labute approximate surface area is 77.9 Å². The summed E-state index contributed by atoms with van der Waals surface area (Å²) in [5.41, 5.74) is 0. The third kappa shape index (κ3) is 2.69. The van der Waals surface area contributed by atoms with Gasteiger partial charge in [0.2, 0.25) is 0 Å². The zero-order valence-electron chi connectivity index (χ0n) is 7.56. The summed E-state index contributed by atoms with van der Waals surface area (Å²) in [6.45, 7) is 0. The number of carboxylic acid groups (broad SMARTS) is 1. The lowest BCUT2D eigenvalue weighted by molar-refractivity contribution is -0.142. The Balaban J connectivity index is 2.53. The van der Waals surface area contributed by atoms with Gasteiger partial charge in [0, 0.05) is 6.26 Å². The van der Waals surface area contributed by atoms with Crippen LogP contribution in [0.4, 0.5) is 0 Å². The molecule has 0 unspecified atom stereocenters. The van der Waals surface area contributed by atoms with Gasteiger partial charge in [0.05, 0.1) is 11.2 Å². The van der Waals surface area contributed by atoms with Crippen LogP contribution in [0.1, 0.15) is 25.7 Å². The van der Waals surface area contributed by atoms with Crippen LogP contribution in [-0.4, -0.2) is 31.0 Å². The fraction of sp³-hybridized carbons (Fsp3) is 0.875. The molecule has 13 heavy (non-hydrogen) atoms. The van der Waals surface area contributed by atoms with E-state index in [1.165, 1.54) is 6.26 Å². The molecule has 0 amide bonds. The maximum atomic E-state index is 11.1. The first-order valence-corrected chi connectivity index (χ1v) is 6.28. The van der Waals surface area contributed by atoms with E-state index in [0.29, 0.717) is 25.7 Å². The summed E-state index contributed by atoms with van der Waals surface area (Å²) >= 11 is 0. The van der Waals surface area contributed by atoms with Crippen LogP contribution in [0.25, 0.3) is 0 Å². The number of carboxylic acids is 1. The molecule has 0 bridgehead atoms. The lowest BCUT2D eigenvalue weighted by Gasteiger charge is -2.24. The monoisotopic (exact) mass is 206 g/mol. The van der Waals surface area contributed by atoms with Gasteiger partial charge in [-0.2, -0.15) is 0 Å². The quantitative estimate of drug-likeness (QED) is 0.721. The van der Waals surface area contributed by atoms with Crippen LogP contribution in [0, 0.1) is 5.92 Å². The molecule has 1 saturated carbocycles. The molecule has 0 radical (unpaired) electrons. The second-order valence-corrected chi connectivity index (χ2v) is 5.97. The predicted octanol–water partition coefficient (Wildman–Crippen LogP) is 0.674. The van der Waals surface area contributed by atoms with Crippen LogP contribution in [0.5, 0.6) is 0 Å². The van der Waals surface area contributed by atoms with Gasteiger partial charge in [0.15, 0.2) is 0 Å². The van der Waals surface area contributed by atoms with Crippen molar-refractivity contribution in [1.29, 1.82) is 0 Å². The van der Waals surface area contributed by atoms with Gasteiger partial charge in [0.25, 0.3) is 0 Å². The predicted molar refractivity (Wildman–Crippen MR) is 48.2 cm³/mol. The van der Waals surface area contributed by atoms with E-state index in [4.69, 9.17) is 5.11 Å². The molecule has 0 saturated heterocycles. The summed E-state index contributed by atoms with van der Waals surface area (Å²) in [5, 5.41) is 8.36. The van der Waals surface area contributed by atoms with Gasteiger partial charge >= 0.3 is 5.97 Å². The molecule has 0 aromatic carbocycles. The molecule has 0 aromatic rings. The van der Waals surface area contributed by atoms with E-state index in [-0.39, 0.29) is 11.2 Å². The van der Waals surface area contributed by atoms with Crippen molar-refractivity contribution in [3.05, 3.63) is 0 Å². The zero-order chi connectivity index (χ0) is 10.1. The van der Waals surface area contributed by atoms with Gasteiger partial charge < -0.3 is 5.11 Å². The van der Waals surface area contributed by atoms with Crippen LogP contribution in [0.2, 0.25) is 0 Å². The van der Waals surface area contributed by atoms with Gasteiger partial charge in [-0.05, 0) is 25.7 Å². The maximum absolute atomic E-state index is 11.1. The number of hydrogen-bond acceptors (Lipinski definition) is 3. The molecule has 1 fully saturated rings. The van der Waals surface area contributed by atoms with Crippen molar-refractivity contribution < 1.29 is 18.3 Å². The normalized spacial score (nSPS) is 29.9. The molecule has 0 heterocycles. The minimum atomic E-state index is -2.97. The first-order valence-electron chi connectivity index (χ1n) is 4.33. The van der Waals surface area contributed by atoms with Crippen molar-refractivity contribution in [2.24, 2.45) is 5.92 Å². The Kier molecular flexibility index (Phi) is 2.95. The highest BCUT2D eigenvalue weighted by molar-refractivity contribution is 7.91. The van der Waals surface area contributed by atoms with Gasteiger partial charge in [-0.15, -0.1) is 0 Å². The van der Waals surface area contributed by atoms with E-state index >= 15 is 0 Å². The molecule has 0 spiro atoms. The summed E-state index contributed by atoms with van der Waals surface area (Å²) in [6, 6.07) is 0. The van der Waals surface area contributed by atoms with Crippen molar-refractivity contribution in [2.45, 2.75) is 30.9 Å². The smallest absolute Gasteiger partial charge is 0.306 e. The van der Waals surface area contributed by atoms with E-state index in [9.17, 15) is 13.2 Å². The molecule has 5 heteroatoms. The SMILES string of the molecule is CS(=O)(=O)C1CCC(C(=O)O)CC1. The first-order chi connectivity index (χ1) is 5.91. The van der Waals surface area contributed by atoms with E-state index in [2.05, 4.69) is 0 Å². The van der Waals surface area contributed by atoms with Gasteiger partial charge in [-0.25, -0.2) is 8.42 Å². The molecule has 76 valence electrons. The number of rotatable bonds is 2. The second-order valence-electron chi connectivity index (χ2n) is 3.64. The Morgan fingerprint density at radius 3 is 2.00 bits per heavy atom. The van der Waals surface area contributed by atoms with Crippen LogP contribution < -0.4 is 0 Å². The van der Waals surface area contributed by atoms with Crippen molar-refractivity contribution in [3.63, 3.8) is 0 Å². The van der Waals surface area contributed by atoms with E-state index in [1.54, 1.807) is 0 Å². The molecule has 1 rings (SSSR count). The third-order valence-corrected chi connectivity index (χ3v) is 4.31. The average molecular weight is 206 g/mol. The lowest BCUT2D eigenvalue weighted by atomic mass is 9.89. The van der Waals surface area contributed by atoms with E-state index in [0.717, 1.165) is 0 Å². The van der Waals surface area contributed by atoms with Crippen LogP contribution in [0.3, 0.4) is 0 Å². The highest BCUT2D eigenvalue weighted by atomic mass is 32.2. The zero-order valence-corrected chi connectivity index (χ0v) is 8.38. The van der Waals surface area contributed by atoms with Crippen molar-refractivity contribution in [2.75, 3.05) is 6.26 Å². The number of sulfone groups is 1. The van der Waals surface area contributed by atoms with E-state index in [1.807, 2.05) is 0 Å². The fourth-order valence-corrected chi connectivity index (χ4v) is 2.87. The molecular formula is C8H14O4S. The summed E-state index contributed by atoms with van der Waals surface area (Å²) < 4.78 is 22.2. The molecule has 1 aliphatic rings. The third-order valence-electron chi connectivity index (χ3n) is 2.63. The standard InChI is InChI=1S/C8H14O4S/c1-13(11,12)7-4-2-6(3-5-7)8(9)10/h6-7H,2-5H2,1H3,(H,9,10). The Morgan fingerprint density at radius 1 is 1.23 bits per heavy atom. The average Bonchev–Trinajstić information content (AvgIpc) is 2.03. The summed E-state index contributed by atoms with van der Waals surface area (Å²) in [4.78, 5) is 10.6. The lowest BCUT2D eigenvalue weighted by Crippen LogP contribution is -2.29. The van der Waals surface area contributed by atoms with Crippen molar-refractivity contribution in [3.8, 4) is 0 Å². The molecule has 0 aliphatic heterocycles. The van der Waals surface area contributed by atoms with Crippen LogP contribution in [0.15, 0.2) is 0 Å². The first kappa shape index (κ1) is 10.5. The van der Waals surface area contributed by atoms with E-state index < -0.39 is 15.8 Å². The molecule has 4 nitrogen and oxygen atoms in total. The van der Waals surface area contributed by atoms with Gasteiger partial charge in [-0.3, -0.25) is 4.79 Å². The Morgan fingerprint density at radius 2 is 1.69 bits per heavy atom.